The molecule has 0 atom stereocenters. The van der Waals surface area contributed by atoms with Gasteiger partial charge in [0.05, 0.1) is 26.4 Å². The van der Waals surface area contributed by atoms with Crippen molar-refractivity contribution in [2.45, 2.75) is 43.4 Å². The summed E-state index contributed by atoms with van der Waals surface area (Å²) in [5.74, 6) is 7.58. The number of morpholine rings is 1. The lowest BCUT2D eigenvalue weighted by Gasteiger charge is -2.24. The second kappa shape index (κ2) is 14.0. The highest BCUT2D eigenvalue weighted by molar-refractivity contribution is 7.99. The molecule has 0 saturated carbocycles. The van der Waals surface area contributed by atoms with Crippen LogP contribution in [0.25, 0.3) is 0 Å². The molecule has 2 aromatic rings. The molecule has 1 saturated heterocycles. The second-order valence-corrected chi connectivity index (χ2v) is 9.74. The molecule has 0 aliphatic carbocycles. The van der Waals surface area contributed by atoms with E-state index in [4.69, 9.17) is 19.3 Å². The Kier molecular flexibility index (Phi) is 10.8. The van der Waals surface area contributed by atoms with Crippen molar-refractivity contribution in [1.29, 1.82) is 0 Å². The van der Waals surface area contributed by atoms with E-state index in [0.717, 1.165) is 72.4 Å². The van der Waals surface area contributed by atoms with Crippen molar-refractivity contribution in [3.8, 4) is 23.3 Å². The lowest BCUT2D eigenvalue weighted by Crippen LogP contribution is -2.36. The summed E-state index contributed by atoms with van der Waals surface area (Å²) >= 11 is 1.62. The lowest BCUT2D eigenvalue weighted by molar-refractivity contribution is -0.139. The molecule has 1 aliphatic rings. The van der Waals surface area contributed by atoms with Crippen LogP contribution < -0.4 is 9.47 Å². The fourth-order valence-corrected chi connectivity index (χ4v) is 4.67. The number of aliphatic carboxylic acids is 1. The van der Waals surface area contributed by atoms with Crippen LogP contribution in [0.3, 0.4) is 0 Å². The van der Waals surface area contributed by atoms with E-state index in [1.165, 1.54) is 0 Å². The minimum Gasteiger partial charge on any atom is -0.493 e. The van der Waals surface area contributed by atoms with Crippen LogP contribution in [-0.2, 0) is 9.53 Å². The molecule has 0 aromatic heterocycles. The Hall–Kier alpha value is -2.66. The Morgan fingerprint density at radius 3 is 2.57 bits per heavy atom. The SMILES string of the molecule is CCC(CC)COc1cc(C#CCN2CCOCC2)cc(Sc2ccc(OCC(=O)O)c(C)c2)c1. The summed E-state index contributed by atoms with van der Waals surface area (Å²) < 4.78 is 16.9. The van der Waals surface area contributed by atoms with Gasteiger partial charge >= 0.3 is 5.97 Å². The van der Waals surface area contributed by atoms with Gasteiger partial charge in [-0.1, -0.05) is 50.3 Å². The third-order valence-electron chi connectivity index (χ3n) is 5.89. The van der Waals surface area contributed by atoms with Gasteiger partial charge in [0, 0.05) is 28.4 Å². The van der Waals surface area contributed by atoms with E-state index in [0.29, 0.717) is 18.3 Å². The van der Waals surface area contributed by atoms with Crippen molar-refractivity contribution < 1.29 is 24.1 Å². The Bertz CT molecular complexity index is 1040. The van der Waals surface area contributed by atoms with Crippen molar-refractivity contribution in [3.05, 3.63) is 47.5 Å². The first kappa shape index (κ1) is 26.9. The normalized spacial score (nSPS) is 13.8. The van der Waals surface area contributed by atoms with Crippen LogP contribution in [0.5, 0.6) is 11.5 Å². The average molecular weight is 498 g/mol. The van der Waals surface area contributed by atoms with Crippen molar-refractivity contribution >= 4 is 17.7 Å². The highest BCUT2D eigenvalue weighted by atomic mass is 32.2. The number of carboxylic acids is 1. The molecule has 35 heavy (non-hydrogen) atoms. The first-order valence-electron chi connectivity index (χ1n) is 12.2. The molecule has 1 heterocycles. The van der Waals surface area contributed by atoms with Gasteiger partial charge in [-0.05, 0) is 54.8 Å². The molecule has 0 radical (unpaired) electrons. The van der Waals surface area contributed by atoms with Gasteiger partial charge in [-0.15, -0.1) is 0 Å². The molecular formula is C28H35NO5S. The second-order valence-electron chi connectivity index (χ2n) is 8.59. The van der Waals surface area contributed by atoms with E-state index in [9.17, 15) is 4.79 Å². The number of ether oxygens (including phenoxy) is 3. The minimum absolute atomic E-state index is 0.351. The van der Waals surface area contributed by atoms with Gasteiger partial charge in [0.15, 0.2) is 6.61 Å². The highest BCUT2D eigenvalue weighted by Crippen LogP contribution is 2.34. The summed E-state index contributed by atoms with van der Waals surface area (Å²) in [5, 5.41) is 8.85. The number of nitrogens with zero attached hydrogens (tertiary/aromatic N) is 1. The highest BCUT2D eigenvalue weighted by Gasteiger charge is 2.10. The first-order chi connectivity index (χ1) is 17.0. The Morgan fingerprint density at radius 2 is 1.89 bits per heavy atom. The third-order valence-corrected chi connectivity index (χ3v) is 6.85. The van der Waals surface area contributed by atoms with Crippen LogP contribution in [0.2, 0.25) is 0 Å². The Morgan fingerprint density at radius 1 is 1.11 bits per heavy atom. The molecule has 0 spiro atoms. The number of benzene rings is 2. The summed E-state index contributed by atoms with van der Waals surface area (Å²) in [6.45, 7) is 10.7. The molecule has 188 valence electrons. The maximum Gasteiger partial charge on any atom is 0.341 e. The molecule has 7 heteroatoms. The molecule has 2 aromatic carbocycles. The summed E-state index contributed by atoms with van der Waals surface area (Å²) in [4.78, 5) is 15.2. The molecule has 1 fully saturated rings. The summed E-state index contributed by atoms with van der Waals surface area (Å²) in [5.41, 5.74) is 1.82. The monoisotopic (exact) mass is 497 g/mol. The summed E-state index contributed by atoms with van der Waals surface area (Å²) in [6.07, 6.45) is 2.18. The average Bonchev–Trinajstić information content (AvgIpc) is 2.85. The minimum atomic E-state index is -0.990. The van der Waals surface area contributed by atoms with Crippen LogP contribution >= 0.6 is 11.8 Å². The fraction of sp³-hybridized carbons (Fsp3) is 0.464. The zero-order chi connectivity index (χ0) is 25.0. The first-order valence-corrected chi connectivity index (χ1v) is 13.0. The topological polar surface area (TPSA) is 68.2 Å². The van der Waals surface area contributed by atoms with Gasteiger partial charge in [-0.2, -0.15) is 0 Å². The molecule has 0 bridgehead atoms. The van der Waals surface area contributed by atoms with Gasteiger partial charge in [0.1, 0.15) is 11.5 Å². The largest absolute Gasteiger partial charge is 0.493 e. The number of carboxylic acid groups (broad SMARTS) is 1. The molecule has 0 amide bonds. The zero-order valence-corrected chi connectivity index (χ0v) is 21.7. The van der Waals surface area contributed by atoms with Gasteiger partial charge in [-0.3, -0.25) is 4.90 Å². The van der Waals surface area contributed by atoms with Crippen molar-refractivity contribution in [2.75, 3.05) is 46.1 Å². The van der Waals surface area contributed by atoms with E-state index in [1.807, 2.05) is 31.2 Å². The Labute approximate surface area is 213 Å². The Balaban J connectivity index is 1.76. The number of carbonyl (C=O) groups is 1. The van der Waals surface area contributed by atoms with E-state index >= 15 is 0 Å². The number of hydrogen-bond acceptors (Lipinski definition) is 6. The van der Waals surface area contributed by atoms with Crippen molar-refractivity contribution in [3.63, 3.8) is 0 Å². The standard InChI is InChI=1S/C28H35NO5S/c1-4-22(5-2)19-33-24-16-23(7-6-10-29-11-13-32-14-12-29)17-26(18-24)35-25-8-9-27(21(3)15-25)34-20-28(30)31/h8-9,15-18,22H,4-5,10-14,19-20H2,1-3H3,(H,30,31). The van der Waals surface area contributed by atoms with Crippen LogP contribution in [0.4, 0.5) is 0 Å². The van der Waals surface area contributed by atoms with Crippen molar-refractivity contribution in [2.24, 2.45) is 5.92 Å². The van der Waals surface area contributed by atoms with Gasteiger partial charge in [0.25, 0.3) is 0 Å². The quantitative estimate of drug-likeness (QED) is 0.433. The maximum atomic E-state index is 10.8. The summed E-state index contributed by atoms with van der Waals surface area (Å²) in [7, 11) is 0. The predicted octanol–water partition coefficient (Wildman–Crippen LogP) is 5.11. The maximum absolute atomic E-state index is 10.8. The van der Waals surface area contributed by atoms with Crippen molar-refractivity contribution in [1.82, 2.24) is 4.90 Å². The van der Waals surface area contributed by atoms with Gasteiger partial charge in [-0.25, -0.2) is 4.79 Å². The van der Waals surface area contributed by atoms with Crippen LogP contribution in [0.15, 0.2) is 46.2 Å². The third kappa shape index (κ3) is 9.14. The molecule has 6 nitrogen and oxygen atoms in total. The smallest absolute Gasteiger partial charge is 0.341 e. The van der Waals surface area contributed by atoms with Gasteiger partial charge < -0.3 is 19.3 Å². The van der Waals surface area contributed by atoms with Crippen LogP contribution in [0, 0.1) is 24.7 Å². The lowest BCUT2D eigenvalue weighted by atomic mass is 10.1. The fourth-order valence-electron chi connectivity index (χ4n) is 3.66. The van der Waals surface area contributed by atoms with E-state index < -0.39 is 5.97 Å². The van der Waals surface area contributed by atoms with Crippen LogP contribution in [-0.4, -0.2) is 62.0 Å². The molecule has 3 rings (SSSR count). The van der Waals surface area contributed by atoms with Gasteiger partial charge in [0.2, 0.25) is 0 Å². The number of aryl methyl sites for hydroxylation is 1. The van der Waals surface area contributed by atoms with E-state index in [1.54, 1.807) is 11.8 Å². The number of rotatable bonds is 11. The predicted molar refractivity (Wildman–Crippen MR) is 139 cm³/mol. The van der Waals surface area contributed by atoms with E-state index in [2.05, 4.69) is 42.7 Å². The van der Waals surface area contributed by atoms with Crippen LogP contribution in [0.1, 0.15) is 37.8 Å². The molecular weight excluding hydrogens is 462 g/mol. The zero-order valence-electron chi connectivity index (χ0n) is 20.8. The van der Waals surface area contributed by atoms with E-state index in [-0.39, 0.29) is 6.61 Å². The summed E-state index contributed by atoms with van der Waals surface area (Å²) in [6, 6.07) is 11.9. The molecule has 1 aliphatic heterocycles. The number of hydrogen-bond donors (Lipinski definition) is 1. The molecule has 1 N–H and O–H groups in total. The molecule has 0 unspecified atom stereocenters.